The summed E-state index contributed by atoms with van der Waals surface area (Å²) in [6.07, 6.45) is 0.448. The van der Waals surface area contributed by atoms with E-state index in [9.17, 15) is 28.0 Å². The zero-order chi connectivity index (χ0) is 26.4. The topological polar surface area (TPSA) is 105 Å². The van der Waals surface area contributed by atoms with Crippen molar-refractivity contribution in [1.29, 1.82) is 0 Å². The number of rotatable bonds is 8. The van der Waals surface area contributed by atoms with Gasteiger partial charge in [0.1, 0.15) is 0 Å². The van der Waals surface area contributed by atoms with Crippen LogP contribution in [0.4, 0.5) is 8.78 Å². The second-order valence-electron chi connectivity index (χ2n) is 7.84. The molecule has 2 aromatic carbocycles. The van der Waals surface area contributed by atoms with Crippen LogP contribution < -0.4 is 18.9 Å². The van der Waals surface area contributed by atoms with Gasteiger partial charge >= 0.3 is 23.9 Å². The molecule has 0 aliphatic rings. The molecular formula is C25H26F2O8. The Morgan fingerprint density at radius 3 is 1.43 bits per heavy atom. The number of esters is 4. The summed E-state index contributed by atoms with van der Waals surface area (Å²) in [7, 11) is 0. The highest BCUT2D eigenvalue weighted by Crippen LogP contribution is 2.43. The first-order valence-electron chi connectivity index (χ1n) is 10.7. The van der Waals surface area contributed by atoms with Gasteiger partial charge in [-0.15, -0.1) is 0 Å². The van der Waals surface area contributed by atoms with E-state index in [0.717, 1.165) is 39.8 Å². The minimum atomic E-state index is -0.923. The lowest BCUT2D eigenvalue weighted by atomic mass is 9.80. The molecule has 0 saturated heterocycles. The van der Waals surface area contributed by atoms with Crippen LogP contribution in [-0.2, 0) is 19.2 Å². The molecule has 0 N–H and O–H groups in total. The summed E-state index contributed by atoms with van der Waals surface area (Å²) in [5.74, 6) is -7.44. The predicted molar refractivity (Wildman–Crippen MR) is 119 cm³/mol. The molecule has 2 unspecified atom stereocenters. The monoisotopic (exact) mass is 492 g/mol. The van der Waals surface area contributed by atoms with Gasteiger partial charge in [0.05, 0.1) is 0 Å². The van der Waals surface area contributed by atoms with Crippen molar-refractivity contribution in [1.82, 2.24) is 0 Å². The standard InChI is InChI=1S/C25H26F2O8/c1-7-19(18-9-21(27)25(35-16(6)31)23(11-18)33-14(4)29)12(2)17-8-20(26)24(34-15(5)30)22(10-17)32-13(3)28/h8-12,19H,7H2,1-6H3. The van der Waals surface area contributed by atoms with Crippen LogP contribution in [0.1, 0.15) is 70.9 Å². The van der Waals surface area contributed by atoms with Gasteiger partial charge in [-0.2, -0.15) is 0 Å². The predicted octanol–water partition coefficient (Wildman–Crippen LogP) is 4.96. The maximum Gasteiger partial charge on any atom is 0.308 e. The van der Waals surface area contributed by atoms with E-state index < -0.39 is 58.8 Å². The van der Waals surface area contributed by atoms with Gasteiger partial charge in [0, 0.05) is 27.7 Å². The van der Waals surface area contributed by atoms with Crippen molar-refractivity contribution < 1.29 is 46.9 Å². The molecule has 2 aromatic rings. The molecule has 0 aromatic heterocycles. The van der Waals surface area contributed by atoms with E-state index >= 15 is 0 Å². The third-order valence-electron chi connectivity index (χ3n) is 5.06. The smallest absolute Gasteiger partial charge is 0.308 e. The quantitative estimate of drug-likeness (QED) is 0.376. The average molecular weight is 492 g/mol. The van der Waals surface area contributed by atoms with E-state index in [1.807, 2.05) is 6.92 Å². The normalized spacial score (nSPS) is 12.3. The Kier molecular flexibility index (Phi) is 9.05. The molecule has 35 heavy (non-hydrogen) atoms. The van der Waals surface area contributed by atoms with Crippen LogP contribution in [0.15, 0.2) is 24.3 Å². The fourth-order valence-corrected chi connectivity index (χ4v) is 3.71. The fraction of sp³-hybridized carbons (Fsp3) is 0.360. The fourth-order valence-electron chi connectivity index (χ4n) is 3.71. The SMILES string of the molecule is CCC(c1cc(F)c(OC(C)=O)c(OC(C)=O)c1)C(C)c1cc(F)c(OC(C)=O)c(OC(C)=O)c1. The molecule has 0 aliphatic carbocycles. The van der Waals surface area contributed by atoms with Crippen LogP contribution in [0.5, 0.6) is 23.0 Å². The van der Waals surface area contributed by atoms with Gasteiger partial charge in [0.25, 0.3) is 0 Å². The van der Waals surface area contributed by atoms with Crippen LogP contribution in [0.2, 0.25) is 0 Å². The summed E-state index contributed by atoms with van der Waals surface area (Å²) in [5.41, 5.74) is 0.767. The maximum atomic E-state index is 14.9. The van der Waals surface area contributed by atoms with Gasteiger partial charge in [-0.25, -0.2) is 8.78 Å². The lowest BCUT2D eigenvalue weighted by Crippen LogP contribution is -2.13. The Labute approximate surface area is 201 Å². The van der Waals surface area contributed by atoms with Crippen LogP contribution >= 0.6 is 0 Å². The van der Waals surface area contributed by atoms with E-state index in [0.29, 0.717) is 17.5 Å². The van der Waals surface area contributed by atoms with Crippen molar-refractivity contribution in [3.63, 3.8) is 0 Å². The highest BCUT2D eigenvalue weighted by atomic mass is 19.1. The number of carbonyl (C=O) groups is 4. The lowest BCUT2D eigenvalue weighted by Gasteiger charge is -2.25. The molecule has 188 valence electrons. The summed E-state index contributed by atoms with van der Waals surface area (Å²) in [6.45, 7) is 7.96. The molecule has 8 nitrogen and oxygen atoms in total. The minimum Gasteiger partial charge on any atom is -0.423 e. The number of halogens is 2. The first kappa shape index (κ1) is 27.4. The van der Waals surface area contributed by atoms with Gasteiger partial charge in [0.2, 0.25) is 11.5 Å². The zero-order valence-corrected chi connectivity index (χ0v) is 20.2. The van der Waals surface area contributed by atoms with E-state index in [1.165, 1.54) is 12.1 Å². The van der Waals surface area contributed by atoms with Crippen molar-refractivity contribution >= 4 is 23.9 Å². The lowest BCUT2D eigenvalue weighted by molar-refractivity contribution is -0.134. The molecule has 0 aliphatic heterocycles. The van der Waals surface area contributed by atoms with Crippen LogP contribution in [0, 0.1) is 11.6 Å². The summed E-state index contributed by atoms with van der Waals surface area (Å²) >= 11 is 0. The number of hydrogen-bond acceptors (Lipinski definition) is 8. The first-order valence-corrected chi connectivity index (χ1v) is 10.7. The van der Waals surface area contributed by atoms with Crippen LogP contribution in [0.3, 0.4) is 0 Å². The highest BCUT2D eigenvalue weighted by Gasteiger charge is 2.27. The molecule has 2 atom stereocenters. The van der Waals surface area contributed by atoms with Crippen molar-refractivity contribution in [3.8, 4) is 23.0 Å². The molecule has 0 amide bonds. The van der Waals surface area contributed by atoms with Gasteiger partial charge in [-0.3, -0.25) is 19.2 Å². The average Bonchev–Trinajstić information content (AvgIpc) is 2.72. The molecule has 0 radical (unpaired) electrons. The van der Waals surface area contributed by atoms with Crippen LogP contribution in [-0.4, -0.2) is 23.9 Å². The van der Waals surface area contributed by atoms with E-state index in [2.05, 4.69) is 0 Å². The minimum absolute atomic E-state index is 0.273. The Bertz CT molecular complexity index is 1160. The highest BCUT2D eigenvalue weighted by molar-refractivity contribution is 5.75. The van der Waals surface area contributed by atoms with Gasteiger partial charge in [0.15, 0.2) is 23.1 Å². The molecule has 0 spiro atoms. The van der Waals surface area contributed by atoms with Gasteiger partial charge in [-0.1, -0.05) is 13.8 Å². The summed E-state index contributed by atoms with van der Waals surface area (Å²) in [5, 5.41) is 0. The second-order valence-corrected chi connectivity index (χ2v) is 7.84. The Morgan fingerprint density at radius 2 is 1.06 bits per heavy atom. The van der Waals surface area contributed by atoms with Crippen molar-refractivity contribution in [2.45, 2.75) is 59.8 Å². The van der Waals surface area contributed by atoms with Crippen molar-refractivity contribution in [2.24, 2.45) is 0 Å². The van der Waals surface area contributed by atoms with Crippen molar-refractivity contribution in [3.05, 3.63) is 47.0 Å². The molecule has 0 bridgehead atoms. The van der Waals surface area contributed by atoms with E-state index in [4.69, 9.17) is 18.9 Å². The van der Waals surface area contributed by atoms with Gasteiger partial charge in [-0.05, 0) is 53.6 Å². The Morgan fingerprint density at radius 1 is 0.686 bits per heavy atom. The third kappa shape index (κ3) is 7.08. The summed E-state index contributed by atoms with van der Waals surface area (Å²) < 4.78 is 49.6. The molecular weight excluding hydrogens is 466 g/mol. The molecule has 0 fully saturated rings. The second kappa shape index (κ2) is 11.5. The third-order valence-corrected chi connectivity index (χ3v) is 5.06. The largest absolute Gasteiger partial charge is 0.423 e. The molecule has 2 rings (SSSR count). The molecule has 0 heterocycles. The molecule has 10 heteroatoms. The molecule has 0 saturated carbocycles. The Hall–Kier alpha value is -3.82. The van der Waals surface area contributed by atoms with E-state index in [1.54, 1.807) is 6.92 Å². The van der Waals surface area contributed by atoms with Gasteiger partial charge < -0.3 is 18.9 Å². The number of hydrogen-bond donors (Lipinski definition) is 0. The summed E-state index contributed by atoms with van der Waals surface area (Å²) in [6, 6.07) is 5.03. The van der Waals surface area contributed by atoms with Crippen LogP contribution in [0.25, 0.3) is 0 Å². The van der Waals surface area contributed by atoms with E-state index in [-0.39, 0.29) is 11.5 Å². The maximum absolute atomic E-state index is 14.9. The first-order chi connectivity index (χ1) is 16.3. The number of benzene rings is 2. The van der Waals surface area contributed by atoms with Crippen molar-refractivity contribution in [2.75, 3.05) is 0 Å². The Balaban J connectivity index is 2.58. The zero-order valence-electron chi connectivity index (χ0n) is 20.2. The number of carbonyl (C=O) groups excluding carboxylic acids is 4. The summed E-state index contributed by atoms with van der Waals surface area (Å²) in [4.78, 5) is 45.8. The number of ether oxygens (including phenoxy) is 4.